The number of nitrogens with zero attached hydrogens (tertiary/aromatic N) is 1. The van der Waals surface area contributed by atoms with Crippen LogP contribution in [0.3, 0.4) is 0 Å². The second kappa shape index (κ2) is 7.88. The van der Waals surface area contributed by atoms with Crippen molar-refractivity contribution >= 4 is 22.4 Å². The third kappa shape index (κ3) is 4.92. The SMILES string of the molecule is CC(C)(C)c1ccc(-c2csc(NC(=O)COc3ccccc3F)n2)cc1. The lowest BCUT2D eigenvalue weighted by molar-refractivity contribution is -0.118. The van der Waals surface area contributed by atoms with Crippen molar-refractivity contribution in [2.45, 2.75) is 26.2 Å². The first kappa shape index (κ1) is 19.0. The third-order valence-corrected chi connectivity index (χ3v) is 4.75. The number of benzene rings is 2. The summed E-state index contributed by atoms with van der Waals surface area (Å²) in [4.78, 5) is 16.4. The van der Waals surface area contributed by atoms with E-state index in [1.54, 1.807) is 12.1 Å². The minimum Gasteiger partial charge on any atom is -0.481 e. The summed E-state index contributed by atoms with van der Waals surface area (Å²) in [6.45, 7) is 6.22. The fraction of sp³-hybridized carbons (Fsp3) is 0.238. The number of anilines is 1. The summed E-state index contributed by atoms with van der Waals surface area (Å²) >= 11 is 1.33. The van der Waals surface area contributed by atoms with E-state index >= 15 is 0 Å². The summed E-state index contributed by atoms with van der Waals surface area (Å²) in [5.74, 6) is -0.839. The van der Waals surface area contributed by atoms with Gasteiger partial charge in [-0.1, -0.05) is 57.2 Å². The van der Waals surface area contributed by atoms with Crippen molar-refractivity contribution in [3.05, 3.63) is 65.3 Å². The summed E-state index contributed by atoms with van der Waals surface area (Å²) in [7, 11) is 0. The Kier molecular flexibility index (Phi) is 5.56. The van der Waals surface area contributed by atoms with Gasteiger partial charge in [-0.15, -0.1) is 11.3 Å². The van der Waals surface area contributed by atoms with Crippen molar-refractivity contribution in [1.82, 2.24) is 4.98 Å². The number of para-hydroxylation sites is 1. The van der Waals surface area contributed by atoms with Crippen LogP contribution in [0.1, 0.15) is 26.3 Å². The molecule has 0 spiro atoms. The Morgan fingerprint density at radius 1 is 1.15 bits per heavy atom. The molecule has 0 aliphatic carbocycles. The number of aromatic nitrogens is 1. The fourth-order valence-electron chi connectivity index (χ4n) is 2.47. The van der Waals surface area contributed by atoms with Crippen molar-refractivity contribution < 1.29 is 13.9 Å². The first-order chi connectivity index (χ1) is 12.8. The first-order valence-electron chi connectivity index (χ1n) is 8.56. The fourth-order valence-corrected chi connectivity index (χ4v) is 3.20. The first-order valence-corrected chi connectivity index (χ1v) is 9.44. The minimum absolute atomic E-state index is 0.0476. The number of carbonyl (C=O) groups excluding carboxylic acids is 1. The molecule has 0 saturated carbocycles. The standard InChI is InChI=1S/C21H21FN2O2S/c1-21(2,3)15-10-8-14(9-11-15)17-13-27-20(23-17)24-19(25)12-26-18-7-5-4-6-16(18)22/h4-11,13H,12H2,1-3H3,(H,23,24,25). The maximum absolute atomic E-state index is 13.5. The monoisotopic (exact) mass is 384 g/mol. The molecule has 1 aromatic heterocycles. The van der Waals surface area contributed by atoms with Crippen LogP contribution in [0.5, 0.6) is 5.75 Å². The second-order valence-electron chi connectivity index (χ2n) is 7.13. The van der Waals surface area contributed by atoms with Gasteiger partial charge in [-0.25, -0.2) is 9.37 Å². The van der Waals surface area contributed by atoms with E-state index in [1.165, 1.54) is 29.0 Å². The molecule has 1 heterocycles. The molecule has 3 rings (SSSR count). The van der Waals surface area contributed by atoms with E-state index in [1.807, 2.05) is 17.5 Å². The number of amides is 1. The quantitative estimate of drug-likeness (QED) is 0.652. The molecule has 3 aromatic rings. The Bertz CT molecular complexity index is 930. The molecular formula is C21H21FN2O2S. The largest absolute Gasteiger partial charge is 0.481 e. The highest BCUT2D eigenvalue weighted by molar-refractivity contribution is 7.14. The lowest BCUT2D eigenvalue weighted by Crippen LogP contribution is -2.20. The number of thiazole rings is 1. The van der Waals surface area contributed by atoms with E-state index in [4.69, 9.17) is 4.74 Å². The molecule has 2 aromatic carbocycles. The average Bonchev–Trinajstić information content (AvgIpc) is 3.09. The van der Waals surface area contributed by atoms with Gasteiger partial charge in [0.05, 0.1) is 5.69 Å². The lowest BCUT2D eigenvalue weighted by atomic mass is 9.86. The Morgan fingerprint density at radius 3 is 2.52 bits per heavy atom. The number of hydrogen-bond donors (Lipinski definition) is 1. The van der Waals surface area contributed by atoms with Gasteiger partial charge in [0.1, 0.15) is 0 Å². The average molecular weight is 384 g/mol. The number of ether oxygens (including phenoxy) is 1. The van der Waals surface area contributed by atoms with Gasteiger partial charge in [0, 0.05) is 10.9 Å². The third-order valence-electron chi connectivity index (χ3n) is 3.99. The molecule has 1 amide bonds. The molecule has 27 heavy (non-hydrogen) atoms. The Balaban J connectivity index is 1.60. The summed E-state index contributed by atoms with van der Waals surface area (Å²) in [5, 5.41) is 5.05. The lowest BCUT2D eigenvalue weighted by Gasteiger charge is -2.18. The van der Waals surface area contributed by atoms with E-state index in [-0.39, 0.29) is 23.7 Å². The van der Waals surface area contributed by atoms with Crippen LogP contribution in [-0.4, -0.2) is 17.5 Å². The molecular weight excluding hydrogens is 363 g/mol. The molecule has 0 aliphatic heterocycles. The Labute approximate surface area is 162 Å². The maximum Gasteiger partial charge on any atom is 0.264 e. The van der Waals surface area contributed by atoms with Crippen molar-refractivity contribution in [2.75, 3.05) is 11.9 Å². The van der Waals surface area contributed by atoms with E-state index in [2.05, 4.69) is 43.2 Å². The molecule has 0 aliphatic rings. The molecule has 0 atom stereocenters. The van der Waals surface area contributed by atoms with Crippen LogP contribution in [0, 0.1) is 5.82 Å². The van der Waals surface area contributed by atoms with Gasteiger partial charge < -0.3 is 4.74 Å². The number of rotatable bonds is 5. The highest BCUT2D eigenvalue weighted by Gasteiger charge is 2.14. The number of nitrogens with one attached hydrogen (secondary N) is 1. The zero-order valence-electron chi connectivity index (χ0n) is 15.5. The van der Waals surface area contributed by atoms with Crippen molar-refractivity contribution in [2.24, 2.45) is 0 Å². The Morgan fingerprint density at radius 2 is 1.85 bits per heavy atom. The molecule has 0 fully saturated rings. The van der Waals surface area contributed by atoms with Gasteiger partial charge in [-0.05, 0) is 23.1 Å². The van der Waals surface area contributed by atoms with Crippen LogP contribution >= 0.6 is 11.3 Å². The number of hydrogen-bond acceptors (Lipinski definition) is 4. The topological polar surface area (TPSA) is 51.2 Å². The minimum atomic E-state index is -0.500. The zero-order valence-corrected chi connectivity index (χ0v) is 16.3. The van der Waals surface area contributed by atoms with Crippen molar-refractivity contribution in [3.8, 4) is 17.0 Å². The van der Waals surface area contributed by atoms with Crippen LogP contribution < -0.4 is 10.1 Å². The molecule has 4 nitrogen and oxygen atoms in total. The van der Waals surface area contributed by atoms with E-state index in [0.717, 1.165) is 11.3 Å². The van der Waals surface area contributed by atoms with Crippen molar-refractivity contribution in [1.29, 1.82) is 0 Å². The highest BCUT2D eigenvalue weighted by Crippen LogP contribution is 2.28. The van der Waals surface area contributed by atoms with Crippen molar-refractivity contribution in [3.63, 3.8) is 0 Å². The molecule has 140 valence electrons. The highest BCUT2D eigenvalue weighted by atomic mass is 32.1. The van der Waals surface area contributed by atoms with Crippen LogP contribution in [0.15, 0.2) is 53.9 Å². The molecule has 1 N–H and O–H groups in total. The normalized spacial score (nSPS) is 11.3. The molecule has 0 bridgehead atoms. The smallest absolute Gasteiger partial charge is 0.264 e. The van der Waals surface area contributed by atoms with Crippen LogP contribution in [0.25, 0.3) is 11.3 Å². The Hall–Kier alpha value is -2.73. The van der Waals surface area contributed by atoms with Gasteiger partial charge in [0.25, 0.3) is 5.91 Å². The molecule has 0 unspecified atom stereocenters. The summed E-state index contributed by atoms with van der Waals surface area (Å²) in [6, 6.07) is 14.2. The molecule has 6 heteroatoms. The predicted octanol–water partition coefficient (Wildman–Crippen LogP) is 5.26. The van der Waals surface area contributed by atoms with Gasteiger partial charge in [0.15, 0.2) is 23.3 Å². The number of carbonyl (C=O) groups is 1. The van der Waals surface area contributed by atoms with Crippen LogP contribution in [-0.2, 0) is 10.2 Å². The summed E-state index contributed by atoms with van der Waals surface area (Å²) in [5.41, 5.74) is 3.13. The molecule has 0 radical (unpaired) electrons. The van der Waals surface area contributed by atoms with Gasteiger partial charge in [-0.3, -0.25) is 10.1 Å². The summed E-state index contributed by atoms with van der Waals surface area (Å²) < 4.78 is 18.7. The number of halogens is 1. The zero-order chi connectivity index (χ0) is 19.4. The van der Waals surface area contributed by atoms with Gasteiger partial charge in [0.2, 0.25) is 0 Å². The maximum atomic E-state index is 13.5. The molecule has 0 saturated heterocycles. The van der Waals surface area contributed by atoms with E-state index in [0.29, 0.717) is 5.13 Å². The predicted molar refractivity (Wildman–Crippen MR) is 107 cm³/mol. The summed E-state index contributed by atoms with van der Waals surface area (Å²) in [6.07, 6.45) is 0. The second-order valence-corrected chi connectivity index (χ2v) is 7.99. The van der Waals surface area contributed by atoms with Gasteiger partial charge >= 0.3 is 0 Å². The van der Waals surface area contributed by atoms with Crippen LogP contribution in [0.4, 0.5) is 9.52 Å². The van der Waals surface area contributed by atoms with E-state index in [9.17, 15) is 9.18 Å². The van der Waals surface area contributed by atoms with Gasteiger partial charge in [-0.2, -0.15) is 0 Å². The van der Waals surface area contributed by atoms with E-state index < -0.39 is 5.82 Å². The van der Waals surface area contributed by atoms with Crippen LogP contribution in [0.2, 0.25) is 0 Å².